The number of aromatic nitrogens is 2. The van der Waals surface area contributed by atoms with Crippen LogP contribution in [0.1, 0.15) is 13.3 Å². The van der Waals surface area contributed by atoms with E-state index in [1.54, 1.807) is 12.4 Å². The Labute approximate surface area is 108 Å². The molecule has 0 amide bonds. The Kier molecular flexibility index (Phi) is 3.60. The molecular weight excluding hydrogens is 321 g/mol. The predicted octanol–water partition coefficient (Wildman–Crippen LogP) is 1.03. The third-order valence-electron chi connectivity index (χ3n) is 2.83. The van der Waals surface area contributed by atoms with Crippen LogP contribution in [-0.4, -0.2) is 39.9 Å². The molecule has 5 nitrogen and oxygen atoms in total. The van der Waals surface area contributed by atoms with Gasteiger partial charge in [0.2, 0.25) is 5.95 Å². The van der Waals surface area contributed by atoms with E-state index in [1.165, 1.54) is 0 Å². The minimum Gasteiger partial charge on any atom is -0.385 e. The fourth-order valence-corrected chi connectivity index (χ4v) is 1.92. The smallest absolute Gasteiger partial charge is 0.222 e. The highest BCUT2D eigenvalue weighted by atomic mass is 127. The van der Waals surface area contributed by atoms with Crippen molar-refractivity contribution in [1.29, 1.82) is 0 Å². The molecule has 1 aromatic rings. The maximum atomic E-state index is 10.2. The molecule has 6 heteroatoms. The second-order valence-corrected chi connectivity index (χ2v) is 5.19. The van der Waals surface area contributed by atoms with Gasteiger partial charge in [-0.05, 0) is 29.5 Å². The lowest BCUT2D eigenvalue weighted by atomic mass is 9.97. The van der Waals surface area contributed by atoms with Gasteiger partial charge in [0, 0.05) is 35.5 Å². The molecule has 0 spiro atoms. The van der Waals surface area contributed by atoms with Crippen molar-refractivity contribution in [3.05, 3.63) is 16.0 Å². The molecule has 0 saturated carbocycles. The van der Waals surface area contributed by atoms with Crippen LogP contribution in [0.5, 0.6) is 0 Å². The fourth-order valence-electron chi connectivity index (χ4n) is 1.64. The molecule has 0 aliphatic carbocycles. The first kappa shape index (κ1) is 12.0. The lowest BCUT2D eigenvalue weighted by Gasteiger charge is -2.25. The summed E-state index contributed by atoms with van der Waals surface area (Å²) in [5, 5.41) is 13.3. The molecule has 0 radical (unpaired) electrons. The van der Waals surface area contributed by atoms with Crippen molar-refractivity contribution < 1.29 is 9.84 Å². The van der Waals surface area contributed by atoms with Crippen LogP contribution in [0.25, 0.3) is 0 Å². The molecular formula is C10H14IN3O2. The normalized spacial score (nSPS) is 29.3. The fraction of sp³-hybridized carbons (Fsp3) is 0.600. The number of nitrogens with one attached hydrogen (secondary N) is 1. The average Bonchev–Trinajstić information content (AvgIpc) is 2.59. The Balaban J connectivity index is 1.94. The van der Waals surface area contributed by atoms with Crippen molar-refractivity contribution in [1.82, 2.24) is 9.97 Å². The standard InChI is InChI=1S/C10H14IN3O2/c1-7-10(15,2-3-16-7)6-14-9-12-4-8(11)5-13-9/h4-5,7,15H,2-3,6H2,1H3,(H,12,13,14). The van der Waals surface area contributed by atoms with Crippen LogP contribution in [0.4, 0.5) is 5.95 Å². The summed E-state index contributed by atoms with van der Waals surface area (Å²) >= 11 is 2.15. The van der Waals surface area contributed by atoms with E-state index in [4.69, 9.17) is 4.74 Å². The Morgan fingerprint density at radius 2 is 2.31 bits per heavy atom. The molecule has 1 aliphatic rings. The molecule has 88 valence electrons. The Morgan fingerprint density at radius 3 is 2.88 bits per heavy atom. The number of hydrogen-bond acceptors (Lipinski definition) is 5. The first-order valence-corrected chi connectivity index (χ1v) is 6.23. The number of hydrogen-bond donors (Lipinski definition) is 2. The molecule has 16 heavy (non-hydrogen) atoms. The molecule has 2 atom stereocenters. The molecule has 2 rings (SSSR count). The Bertz CT molecular complexity index is 360. The maximum Gasteiger partial charge on any atom is 0.222 e. The third kappa shape index (κ3) is 2.61. The van der Waals surface area contributed by atoms with Gasteiger partial charge < -0.3 is 15.2 Å². The summed E-state index contributed by atoms with van der Waals surface area (Å²) in [7, 11) is 0. The second-order valence-electron chi connectivity index (χ2n) is 3.95. The molecule has 0 bridgehead atoms. The van der Waals surface area contributed by atoms with Gasteiger partial charge in [0.05, 0.1) is 6.10 Å². The Hall–Kier alpha value is -0.470. The van der Waals surface area contributed by atoms with Gasteiger partial charge >= 0.3 is 0 Å². The zero-order valence-electron chi connectivity index (χ0n) is 8.98. The van der Waals surface area contributed by atoms with E-state index in [9.17, 15) is 5.11 Å². The first-order chi connectivity index (χ1) is 7.60. The molecule has 2 unspecified atom stereocenters. The average molecular weight is 335 g/mol. The van der Waals surface area contributed by atoms with Crippen LogP contribution in [0.3, 0.4) is 0 Å². The molecule has 2 heterocycles. The van der Waals surface area contributed by atoms with E-state index < -0.39 is 5.60 Å². The topological polar surface area (TPSA) is 67.3 Å². The van der Waals surface area contributed by atoms with Crippen LogP contribution in [-0.2, 0) is 4.74 Å². The van der Waals surface area contributed by atoms with Gasteiger partial charge in [-0.2, -0.15) is 0 Å². The SMILES string of the molecule is CC1OCCC1(O)CNc1ncc(I)cn1. The molecule has 0 aromatic carbocycles. The van der Waals surface area contributed by atoms with Crippen molar-refractivity contribution >= 4 is 28.5 Å². The third-order valence-corrected chi connectivity index (χ3v) is 3.39. The van der Waals surface area contributed by atoms with Crippen LogP contribution < -0.4 is 5.32 Å². The summed E-state index contributed by atoms with van der Waals surface area (Å²) in [6.07, 6.45) is 3.96. The Morgan fingerprint density at radius 1 is 1.62 bits per heavy atom. The minimum atomic E-state index is -0.813. The van der Waals surface area contributed by atoms with E-state index in [0.717, 1.165) is 3.57 Å². The van der Waals surface area contributed by atoms with Crippen LogP contribution >= 0.6 is 22.6 Å². The van der Waals surface area contributed by atoms with E-state index in [2.05, 4.69) is 37.9 Å². The van der Waals surface area contributed by atoms with Crippen molar-refractivity contribution in [3.8, 4) is 0 Å². The van der Waals surface area contributed by atoms with Gasteiger partial charge in [0.1, 0.15) is 5.60 Å². The predicted molar refractivity (Wildman–Crippen MR) is 68.2 cm³/mol. The summed E-state index contributed by atoms with van der Waals surface area (Å²) < 4.78 is 6.33. The van der Waals surface area contributed by atoms with Gasteiger partial charge in [0.25, 0.3) is 0 Å². The lowest BCUT2D eigenvalue weighted by molar-refractivity contribution is -0.0176. The summed E-state index contributed by atoms with van der Waals surface area (Å²) in [6.45, 7) is 2.89. The van der Waals surface area contributed by atoms with Crippen molar-refractivity contribution in [2.24, 2.45) is 0 Å². The van der Waals surface area contributed by atoms with Gasteiger partial charge in [-0.1, -0.05) is 0 Å². The molecule has 1 aromatic heterocycles. The minimum absolute atomic E-state index is 0.149. The molecule has 1 aliphatic heterocycles. The van der Waals surface area contributed by atoms with Gasteiger partial charge in [-0.25, -0.2) is 9.97 Å². The number of halogens is 1. The number of ether oxygens (including phenoxy) is 1. The van der Waals surface area contributed by atoms with Crippen LogP contribution in [0, 0.1) is 3.57 Å². The zero-order chi connectivity index (χ0) is 11.6. The van der Waals surface area contributed by atoms with Crippen molar-refractivity contribution in [3.63, 3.8) is 0 Å². The van der Waals surface area contributed by atoms with E-state index in [0.29, 0.717) is 25.5 Å². The molecule has 1 saturated heterocycles. The summed E-state index contributed by atoms with van der Waals surface area (Å²) in [4.78, 5) is 8.23. The van der Waals surface area contributed by atoms with E-state index in [1.807, 2.05) is 6.92 Å². The first-order valence-electron chi connectivity index (χ1n) is 5.15. The zero-order valence-corrected chi connectivity index (χ0v) is 11.1. The summed E-state index contributed by atoms with van der Waals surface area (Å²) in [5.74, 6) is 0.535. The van der Waals surface area contributed by atoms with Gasteiger partial charge in [-0.15, -0.1) is 0 Å². The highest BCUT2D eigenvalue weighted by Gasteiger charge is 2.39. The lowest BCUT2D eigenvalue weighted by Crippen LogP contribution is -2.43. The number of rotatable bonds is 3. The monoisotopic (exact) mass is 335 g/mol. The van der Waals surface area contributed by atoms with Crippen molar-refractivity contribution in [2.45, 2.75) is 25.0 Å². The van der Waals surface area contributed by atoms with Crippen LogP contribution in [0.2, 0.25) is 0 Å². The van der Waals surface area contributed by atoms with Crippen LogP contribution in [0.15, 0.2) is 12.4 Å². The van der Waals surface area contributed by atoms with Gasteiger partial charge in [-0.3, -0.25) is 0 Å². The second kappa shape index (κ2) is 4.80. The number of nitrogens with zero attached hydrogens (tertiary/aromatic N) is 2. The van der Waals surface area contributed by atoms with Crippen molar-refractivity contribution in [2.75, 3.05) is 18.5 Å². The van der Waals surface area contributed by atoms with E-state index in [-0.39, 0.29) is 6.10 Å². The molecule has 2 N–H and O–H groups in total. The highest BCUT2D eigenvalue weighted by Crippen LogP contribution is 2.25. The van der Waals surface area contributed by atoms with Gasteiger partial charge in [0.15, 0.2) is 0 Å². The maximum absolute atomic E-state index is 10.2. The largest absolute Gasteiger partial charge is 0.385 e. The highest BCUT2D eigenvalue weighted by molar-refractivity contribution is 14.1. The summed E-state index contributed by atoms with van der Waals surface area (Å²) in [6, 6.07) is 0. The number of aliphatic hydroxyl groups is 1. The number of anilines is 1. The quantitative estimate of drug-likeness (QED) is 0.808. The molecule has 1 fully saturated rings. The summed E-state index contributed by atoms with van der Waals surface area (Å²) in [5.41, 5.74) is -0.813. The van der Waals surface area contributed by atoms with E-state index >= 15 is 0 Å².